The third kappa shape index (κ3) is 4.40. The van der Waals surface area contributed by atoms with Gasteiger partial charge in [-0.15, -0.1) is 4.40 Å². The lowest BCUT2D eigenvalue weighted by Crippen LogP contribution is -2.40. The Hall–Kier alpha value is -2.59. The molecular weight excluding hydrogens is 388 g/mol. The minimum absolute atomic E-state index is 0.0954. The Bertz CT molecular complexity index is 980. The summed E-state index contributed by atoms with van der Waals surface area (Å²) in [7, 11) is -0.299. The van der Waals surface area contributed by atoms with Gasteiger partial charge in [0.2, 0.25) is 0 Å². The first-order valence-corrected chi connectivity index (χ1v) is 10.5. The normalized spacial score (nSPS) is 17.5. The lowest BCUT2D eigenvalue weighted by Gasteiger charge is -2.28. The van der Waals surface area contributed by atoms with Crippen LogP contribution >= 0.6 is 11.8 Å². The molecule has 0 aliphatic carbocycles. The molecule has 3 rings (SSSR count). The second-order valence-electron chi connectivity index (χ2n) is 6.03. The van der Waals surface area contributed by atoms with Gasteiger partial charge in [-0.3, -0.25) is 9.59 Å². The largest absolute Gasteiger partial charge is 0.339 e. The number of rotatable bonds is 3. The lowest BCUT2D eigenvalue weighted by atomic mass is 10.1. The zero-order valence-corrected chi connectivity index (χ0v) is 16.4. The van der Waals surface area contributed by atoms with Crippen molar-refractivity contribution < 1.29 is 18.0 Å². The van der Waals surface area contributed by atoms with Gasteiger partial charge in [0.25, 0.3) is 21.2 Å². The van der Waals surface area contributed by atoms with Crippen LogP contribution in [0.15, 0.2) is 57.5 Å². The van der Waals surface area contributed by atoms with Crippen molar-refractivity contribution in [3.8, 4) is 0 Å². The van der Waals surface area contributed by atoms with Crippen molar-refractivity contribution in [3.63, 3.8) is 0 Å². The molecule has 0 spiro atoms. The summed E-state index contributed by atoms with van der Waals surface area (Å²) in [6, 6.07) is 6.91. The topological polar surface area (TPSA) is 99.1 Å². The van der Waals surface area contributed by atoms with E-state index >= 15 is 0 Å². The fourth-order valence-corrected chi connectivity index (χ4v) is 4.16. The van der Waals surface area contributed by atoms with Gasteiger partial charge in [-0.05, 0) is 36.0 Å². The van der Waals surface area contributed by atoms with E-state index < -0.39 is 15.9 Å². The molecule has 142 valence electrons. The second kappa shape index (κ2) is 7.57. The van der Waals surface area contributed by atoms with Crippen LogP contribution in [-0.2, 0) is 14.8 Å². The number of nitrogens with zero attached hydrogens (tertiary/aromatic N) is 3. The van der Waals surface area contributed by atoms with Crippen molar-refractivity contribution in [3.05, 3.63) is 48.2 Å². The summed E-state index contributed by atoms with van der Waals surface area (Å²) in [6.45, 7) is 0.242. The van der Waals surface area contributed by atoms with E-state index in [0.717, 1.165) is 11.8 Å². The van der Waals surface area contributed by atoms with Gasteiger partial charge in [0, 0.05) is 31.7 Å². The number of carbonyl (C=O) groups excluding carboxylic acids is 2. The molecule has 1 aromatic rings. The minimum Gasteiger partial charge on any atom is -0.339 e. The number of amides is 2. The number of amidine groups is 1. The first kappa shape index (κ1) is 19.2. The molecule has 8 nitrogen and oxygen atoms in total. The summed E-state index contributed by atoms with van der Waals surface area (Å²) >= 11 is 0.992. The highest BCUT2D eigenvalue weighted by atomic mass is 32.2. The third-order valence-electron chi connectivity index (χ3n) is 3.80. The van der Waals surface area contributed by atoms with Crippen LogP contribution in [0.5, 0.6) is 0 Å². The summed E-state index contributed by atoms with van der Waals surface area (Å²) in [6.07, 6.45) is 4.87. The van der Waals surface area contributed by atoms with Crippen molar-refractivity contribution in [1.29, 1.82) is 0 Å². The average molecular weight is 406 g/mol. The second-order valence-corrected chi connectivity index (χ2v) is 8.78. The van der Waals surface area contributed by atoms with Crippen LogP contribution in [0.2, 0.25) is 0 Å². The fourth-order valence-electron chi connectivity index (χ4n) is 2.43. The Balaban J connectivity index is 1.86. The van der Waals surface area contributed by atoms with Crippen molar-refractivity contribution in [2.75, 3.05) is 31.7 Å². The van der Waals surface area contributed by atoms with Crippen molar-refractivity contribution in [2.45, 2.75) is 4.90 Å². The Morgan fingerprint density at radius 2 is 2.00 bits per heavy atom. The monoisotopic (exact) mass is 406 g/mol. The maximum absolute atomic E-state index is 12.8. The highest BCUT2D eigenvalue weighted by molar-refractivity contribution is 8.13. The molecule has 0 saturated heterocycles. The number of para-hydroxylation sites is 1. The van der Waals surface area contributed by atoms with Gasteiger partial charge in [-0.1, -0.05) is 12.1 Å². The molecule has 0 atom stereocenters. The predicted octanol–water partition coefficient (Wildman–Crippen LogP) is 1.90. The third-order valence-corrected chi connectivity index (χ3v) is 6.07. The number of carbonyl (C=O) groups is 2. The van der Waals surface area contributed by atoms with Gasteiger partial charge in [-0.25, -0.2) is 8.42 Å². The highest BCUT2D eigenvalue weighted by Gasteiger charge is 2.30. The molecule has 2 amide bonds. The molecule has 0 fully saturated rings. The van der Waals surface area contributed by atoms with Gasteiger partial charge in [-0.2, -0.15) is 0 Å². The maximum atomic E-state index is 12.8. The molecule has 1 aromatic carbocycles. The maximum Gasteiger partial charge on any atom is 0.286 e. The number of allylic oxidation sites excluding steroid dienone is 2. The van der Waals surface area contributed by atoms with Crippen molar-refractivity contribution in [2.24, 2.45) is 4.40 Å². The van der Waals surface area contributed by atoms with E-state index in [0.29, 0.717) is 10.6 Å². The highest BCUT2D eigenvalue weighted by Crippen LogP contribution is 2.29. The summed E-state index contributed by atoms with van der Waals surface area (Å²) in [5.74, 6) is -0.483. The van der Waals surface area contributed by atoms with Gasteiger partial charge >= 0.3 is 0 Å². The Kier molecular flexibility index (Phi) is 5.38. The standard InChI is InChI=1S/C17H18N4O4S2/c1-20(2)17(23)26-14-8-4-3-7-13(14)18-16(22)12-6-5-9-21-10-11-27(24,25)19-15(12)21/h3-9H,10-11H2,1-2H3,(H,18,22). The zero-order chi connectivity index (χ0) is 19.6. The van der Waals surface area contributed by atoms with Crippen LogP contribution in [-0.4, -0.2) is 61.6 Å². The van der Waals surface area contributed by atoms with Crippen LogP contribution in [0, 0.1) is 0 Å². The number of benzene rings is 1. The molecule has 0 bridgehead atoms. The minimum atomic E-state index is -3.59. The van der Waals surface area contributed by atoms with Crippen LogP contribution in [0.1, 0.15) is 0 Å². The number of thioether (sulfide) groups is 1. The zero-order valence-electron chi connectivity index (χ0n) is 14.7. The smallest absolute Gasteiger partial charge is 0.286 e. The average Bonchev–Trinajstić information content (AvgIpc) is 2.61. The molecule has 0 aromatic heterocycles. The van der Waals surface area contributed by atoms with Gasteiger partial charge < -0.3 is 15.1 Å². The number of nitrogens with one attached hydrogen (secondary N) is 1. The number of anilines is 1. The van der Waals surface area contributed by atoms with Crippen LogP contribution in [0.3, 0.4) is 0 Å². The van der Waals surface area contributed by atoms with E-state index in [1.165, 1.54) is 11.0 Å². The Morgan fingerprint density at radius 3 is 2.74 bits per heavy atom. The number of fused-ring (bicyclic) bond motifs is 1. The van der Waals surface area contributed by atoms with E-state index in [2.05, 4.69) is 9.71 Å². The number of sulfonamides is 1. The van der Waals surface area contributed by atoms with Gasteiger partial charge in [0.1, 0.15) is 0 Å². The molecule has 2 heterocycles. The molecule has 0 unspecified atom stereocenters. The first-order valence-electron chi connectivity index (χ1n) is 8.04. The molecule has 27 heavy (non-hydrogen) atoms. The molecule has 1 N–H and O–H groups in total. The number of hydrogen-bond acceptors (Lipinski definition) is 6. The molecular formula is C17H18N4O4S2. The van der Waals surface area contributed by atoms with Gasteiger partial charge in [0.05, 0.1) is 17.0 Å². The summed E-state index contributed by atoms with van der Waals surface area (Å²) < 4.78 is 27.4. The molecule has 0 radical (unpaired) electrons. The predicted molar refractivity (Wildman–Crippen MR) is 105 cm³/mol. The quantitative estimate of drug-likeness (QED) is 0.770. The fraction of sp³-hybridized carbons (Fsp3) is 0.235. The van der Waals surface area contributed by atoms with E-state index in [4.69, 9.17) is 0 Å². The summed E-state index contributed by atoms with van der Waals surface area (Å²) in [4.78, 5) is 28.4. The van der Waals surface area contributed by atoms with Crippen LogP contribution in [0.4, 0.5) is 10.5 Å². The van der Waals surface area contributed by atoms with Crippen LogP contribution in [0.25, 0.3) is 0 Å². The van der Waals surface area contributed by atoms with Crippen molar-refractivity contribution >= 4 is 44.5 Å². The van der Waals surface area contributed by atoms with E-state index in [1.54, 1.807) is 55.5 Å². The van der Waals surface area contributed by atoms with Gasteiger partial charge in [0.15, 0.2) is 5.84 Å². The van der Waals surface area contributed by atoms with Crippen LogP contribution < -0.4 is 5.32 Å². The SMILES string of the molecule is CN(C)C(=O)Sc1ccccc1NC(=O)C1=CC=CN2CCS(=O)(=O)N=C12. The van der Waals surface area contributed by atoms with E-state index in [9.17, 15) is 18.0 Å². The first-order chi connectivity index (χ1) is 12.8. The Labute approximate surface area is 161 Å². The molecule has 2 aliphatic rings. The summed E-state index contributed by atoms with van der Waals surface area (Å²) in [5.41, 5.74) is 0.614. The van der Waals surface area contributed by atoms with Crippen molar-refractivity contribution in [1.82, 2.24) is 9.80 Å². The number of hydrogen-bond donors (Lipinski definition) is 1. The van der Waals surface area contributed by atoms with E-state index in [-0.39, 0.29) is 28.9 Å². The Morgan fingerprint density at radius 1 is 1.26 bits per heavy atom. The lowest BCUT2D eigenvalue weighted by molar-refractivity contribution is -0.112. The summed E-state index contributed by atoms with van der Waals surface area (Å²) in [5, 5.41) is 2.57. The molecule has 10 heteroatoms. The van der Waals surface area contributed by atoms with E-state index in [1.807, 2.05) is 0 Å². The molecule has 2 aliphatic heterocycles. The molecule has 0 saturated carbocycles.